The van der Waals surface area contributed by atoms with Crippen molar-refractivity contribution < 1.29 is 26.4 Å². The fourth-order valence-electron chi connectivity index (χ4n) is 1.79. The molecule has 0 aliphatic heterocycles. The van der Waals surface area contributed by atoms with Gasteiger partial charge in [0.1, 0.15) is 0 Å². The Morgan fingerprint density at radius 1 is 1.08 bits per heavy atom. The van der Waals surface area contributed by atoms with E-state index in [4.69, 9.17) is 0 Å². The maximum Gasteiger partial charge on any atom is 0.391 e. The minimum absolute atomic E-state index is 0.191. The van der Waals surface area contributed by atoms with Crippen molar-refractivity contribution in [1.29, 1.82) is 0 Å². The van der Waals surface area contributed by atoms with E-state index < -0.39 is 27.9 Å². The first-order chi connectivity index (χ1) is 11.7. The van der Waals surface area contributed by atoms with E-state index in [1.807, 2.05) is 0 Å². The third-order valence-electron chi connectivity index (χ3n) is 3.07. The number of para-hydroxylation sites is 1. The Balaban J connectivity index is 2.28. The van der Waals surface area contributed by atoms with Crippen molar-refractivity contribution >= 4 is 43.2 Å². The van der Waals surface area contributed by atoms with Crippen LogP contribution in [0.4, 0.5) is 24.5 Å². The molecule has 25 heavy (non-hydrogen) atoms. The first-order valence-electron chi connectivity index (χ1n) is 6.78. The summed E-state index contributed by atoms with van der Waals surface area (Å²) in [4.78, 5) is 12.3. The molecule has 0 saturated heterocycles. The Morgan fingerprint density at radius 2 is 1.68 bits per heavy atom. The second-order valence-electron chi connectivity index (χ2n) is 4.88. The summed E-state index contributed by atoms with van der Waals surface area (Å²) in [5.74, 6) is -0.718. The predicted molar refractivity (Wildman–Crippen MR) is 92.0 cm³/mol. The minimum Gasteiger partial charge on any atom is -0.322 e. The summed E-state index contributed by atoms with van der Waals surface area (Å²) < 4.78 is 64.2. The van der Waals surface area contributed by atoms with Gasteiger partial charge in [-0.05, 0) is 36.4 Å². The normalized spacial score (nSPS) is 11.8. The molecule has 134 valence electrons. The average molecular weight is 437 g/mol. The smallest absolute Gasteiger partial charge is 0.322 e. The lowest BCUT2D eigenvalue weighted by molar-refractivity contribution is 0.0628. The molecular weight excluding hydrogens is 425 g/mol. The van der Waals surface area contributed by atoms with Crippen LogP contribution in [0.2, 0.25) is 0 Å². The van der Waals surface area contributed by atoms with Crippen LogP contribution >= 0.6 is 15.9 Å². The number of sulfonamides is 1. The van der Waals surface area contributed by atoms with E-state index in [2.05, 4.69) is 21.2 Å². The van der Waals surface area contributed by atoms with E-state index in [0.29, 0.717) is 5.69 Å². The molecule has 0 radical (unpaired) electrons. The van der Waals surface area contributed by atoms with Gasteiger partial charge in [0.25, 0.3) is 5.91 Å². The Hall–Kier alpha value is -2.07. The van der Waals surface area contributed by atoms with Gasteiger partial charge in [0.05, 0.1) is 11.3 Å². The summed E-state index contributed by atoms with van der Waals surface area (Å²) in [5, 5.41) is -2.10. The first-order valence-corrected chi connectivity index (χ1v) is 9.06. The van der Waals surface area contributed by atoms with Crippen molar-refractivity contribution in [3.63, 3.8) is 0 Å². The third-order valence-corrected chi connectivity index (χ3v) is 4.98. The summed E-state index contributed by atoms with van der Waals surface area (Å²) in [6.07, 6.45) is 0. The number of benzene rings is 2. The molecule has 2 aromatic rings. The average Bonchev–Trinajstić information content (AvgIpc) is 2.57. The van der Waals surface area contributed by atoms with Crippen molar-refractivity contribution in [2.45, 2.75) is 5.25 Å². The second-order valence-corrected chi connectivity index (χ2v) is 7.61. The van der Waals surface area contributed by atoms with E-state index >= 15 is 0 Å². The number of carbonyl (C=O) groups excluding carboxylic acids is 1. The number of nitrogens with one attached hydrogen (secondary N) is 2. The highest BCUT2D eigenvalue weighted by molar-refractivity contribution is 9.10. The zero-order valence-corrected chi connectivity index (χ0v) is 14.9. The van der Waals surface area contributed by atoms with Crippen LogP contribution in [0.5, 0.6) is 0 Å². The van der Waals surface area contributed by atoms with Gasteiger partial charge in [0.15, 0.2) is 6.67 Å². The Morgan fingerprint density at radius 3 is 2.28 bits per heavy atom. The fourth-order valence-corrected chi connectivity index (χ4v) is 2.82. The van der Waals surface area contributed by atoms with Gasteiger partial charge in [-0.25, -0.2) is 12.8 Å². The number of rotatable bonds is 6. The van der Waals surface area contributed by atoms with Crippen LogP contribution in [0.25, 0.3) is 0 Å². The van der Waals surface area contributed by atoms with Gasteiger partial charge in [-0.2, -0.15) is 8.78 Å². The van der Waals surface area contributed by atoms with Gasteiger partial charge in [-0.15, -0.1) is 0 Å². The molecule has 1 amide bonds. The number of hydrogen-bond donors (Lipinski definition) is 2. The van der Waals surface area contributed by atoms with Crippen molar-refractivity contribution in [2.24, 2.45) is 0 Å². The number of halogens is 4. The molecule has 0 unspecified atom stereocenters. The molecule has 0 spiro atoms. The standard InChI is InChI=1S/C15H12BrF3N2O3S/c16-10-5-7-11(8-6-10)20-14(22)12-3-1-2-4-13(12)21-25(23,24)15(18,19)9-17/h1-8,21H,9H2,(H,20,22). The quantitative estimate of drug-likeness (QED) is 0.718. The Kier molecular flexibility index (Phi) is 5.73. The lowest BCUT2D eigenvalue weighted by Gasteiger charge is -2.17. The molecule has 0 fully saturated rings. The molecule has 0 atom stereocenters. The molecule has 0 bridgehead atoms. The van der Waals surface area contributed by atoms with Gasteiger partial charge in [0, 0.05) is 10.2 Å². The lowest BCUT2D eigenvalue weighted by Crippen LogP contribution is -2.36. The topological polar surface area (TPSA) is 75.3 Å². The van der Waals surface area contributed by atoms with Gasteiger partial charge >= 0.3 is 15.3 Å². The van der Waals surface area contributed by atoms with Crippen molar-refractivity contribution in [3.05, 3.63) is 58.6 Å². The third kappa shape index (κ3) is 4.51. The molecule has 2 rings (SSSR count). The first kappa shape index (κ1) is 19.3. The Bertz CT molecular complexity index is 874. The molecule has 0 saturated carbocycles. The van der Waals surface area contributed by atoms with Crippen LogP contribution in [0, 0.1) is 0 Å². The number of alkyl halides is 3. The number of amides is 1. The maximum atomic E-state index is 13.2. The molecule has 0 heterocycles. The number of hydrogen-bond acceptors (Lipinski definition) is 3. The highest BCUT2D eigenvalue weighted by atomic mass is 79.9. The van der Waals surface area contributed by atoms with Crippen LogP contribution in [0.15, 0.2) is 53.0 Å². The van der Waals surface area contributed by atoms with E-state index in [1.165, 1.54) is 18.2 Å². The summed E-state index contributed by atoms with van der Waals surface area (Å²) in [7, 11) is -5.34. The fraction of sp³-hybridized carbons (Fsp3) is 0.133. The van der Waals surface area contributed by atoms with Crippen LogP contribution in [0.1, 0.15) is 10.4 Å². The summed E-state index contributed by atoms with van der Waals surface area (Å²) in [6.45, 7) is -2.38. The monoisotopic (exact) mass is 436 g/mol. The Labute approximate surface area is 150 Å². The van der Waals surface area contributed by atoms with E-state index in [9.17, 15) is 26.4 Å². The van der Waals surface area contributed by atoms with Gasteiger partial charge in [-0.1, -0.05) is 28.1 Å². The van der Waals surface area contributed by atoms with E-state index in [-0.39, 0.29) is 11.3 Å². The highest BCUT2D eigenvalue weighted by Gasteiger charge is 2.45. The summed E-state index contributed by atoms with van der Waals surface area (Å²) in [5.41, 5.74) is -0.158. The largest absolute Gasteiger partial charge is 0.391 e. The van der Waals surface area contributed by atoms with Crippen LogP contribution in [0.3, 0.4) is 0 Å². The van der Waals surface area contributed by atoms with Gasteiger partial charge < -0.3 is 5.32 Å². The van der Waals surface area contributed by atoms with Crippen molar-refractivity contribution in [1.82, 2.24) is 0 Å². The summed E-state index contributed by atoms with van der Waals surface area (Å²) in [6, 6.07) is 11.7. The highest BCUT2D eigenvalue weighted by Crippen LogP contribution is 2.27. The molecule has 0 aliphatic carbocycles. The molecule has 5 nitrogen and oxygen atoms in total. The predicted octanol–water partition coefficient (Wildman–Crippen LogP) is 4.01. The van der Waals surface area contributed by atoms with Crippen LogP contribution in [-0.4, -0.2) is 26.3 Å². The molecule has 10 heteroatoms. The summed E-state index contributed by atoms with van der Waals surface area (Å²) >= 11 is 3.24. The SMILES string of the molecule is O=C(Nc1ccc(Br)cc1)c1ccccc1NS(=O)(=O)C(F)(F)CF. The zero-order chi connectivity index (χ0) is 18.7. The van der Waals surface area contributed by atoms with Gasteiger partial charge in [-0.3, -0.25) is 9.52 Å². The van der Waals surface area contributed by atoms with Gasteiger partial charge in [0.2, 0.25) is 0 Å². The molecular formula is C15H12BrF3N2O3S. The molecule has 0 aromatic heterocycles. The molecule has 0 aliphatic rings. The van der Waals surface area contributed by atoms with E-state index in [0.717, 1.165) is 10.5 Å². The van der Waals surface area contributed by atoms with Crippen LogP contribution in [-0.2, 0) is 10.0 Å². The minimum atomic E-state index is -5.34. The number of anilines is 2. The lowest BCUT2D eigenvalue weighted by atomic mass is 10.1. The number of carbonyl (C=O) groups is 1. The van der Waals surface area contributed by atoms with E-state index in [1.54, 1.807) is 29.0 Å². The van der Waals surface area contributed by atoms with Crippen LogP contribution < -0.4 is 10.0 Å². The molecule has 2 aromatic carbocycles. The maximum absolute atomic E-state index is 13.2. The second kappa shape index (κ2) is 7.44. The van der Waals surface area contributed by atoms with Crippen molar-refractivity contribution in [2.75, 3.05) is 16.7 Å². The zero-order valence-electron chi connectivity index (χ0n) is 12.5. The van der Waals surface area contributed by atoms with Crippen molar-refractivity contribution in [3.8, 4) is 0 Å². The molecule has 2 N–H and O–H groups in total.